The van der Waals surface area contributed by atoms with Crippen molar-refractivity contribution in [3.63, 3.8) is 0 Å². The Balaban J connectivity index is 1.94. The van der Waals surface area contributed by atoms with Crippen molar-refractivity contribution in [1.29, 1.82) is 0 Å². The number of hydrogen-bond donors (Lipinski definition) is 0. The maximum atomic E-state index is 13.3. The van der Waals surface area contributed by atoms with Crippen molar-refractivity contribution in [2.75, 3.05) is 32.9 Å². The summed E-state index contributed by atoms with van der Waals surface area (Å²) in [5.41, 5.74) is 1.21. The number of fused-ring (bicyclic) bond motifs is 1. The first-order chi connectivity index (χ1) is 18.4. The fourth-order valence-corrected chi connectivity index (χ4v) is 6.64. The second-order valence-corrected chi connectivity index (χ2v) is 11.8. The van der Waals surface area contributed by atoms with Gasteiger partial charge in [-0.3, -0.25) is 4.79 Å². The SMILES string of the molecule is CCCCN(CCCC)S(=O)(=O)c1ccc(C(=O)N=c2sc3cccc(OCC)c3n2CCOCC)cc1. The number of carbonyl (C=O) groups is 1. The number of benzene rings is 2. The molecule has 1 amide bonds. The molecule has 0 aliphatic carbocycles. The molecular weight excluding hydrogens is 522 g/mol. The lowest BCUT2D eigenvalue weighted by atomic mass is 10.2. The summed E-state index contributed by atoms with van der Waals surface area (Å²) in [5.74, 6) is 0.300. The lowest BCUT2D eigenvalue weighted by Crippen LogP contribution is -2.33. The second kappa shape index (κ2) is 14.6. The first-order valence-corrected chi connectivity index (χ1v) is 15.6. The average Bonchev–Trinajstić information content (AvgIpc) is 3.26. The van der Waals surface area contributed by atoms with Crippen LogP contribution in [0.1, 0.15) is 63.7 Å². The van der Waals surface area contributed by atoms with E-state index in [4.69, 9.17) is 9.47 Å². The van der Waals surface area contributed by atoms with Gasteiger partial charge in [0.05, 0.1) is 22.8 Å². The summed E-state index contributed by atoms with van der Waals surface area (Å²) in [6.07, 6.45) is 3.45. The van der Waals surface area contributed by atoms with Gasteiger partial charge in [-0.25, -0.2) is 8.42 Å². The number of para-hydroxylation sites is 1. The zero-order valence-electron chi connectivity index (χ0n) is 22.8. The quantitative estimate of drug-likeness (QED) is 0.230. The molecule has 0 aliphatic heterocycles. The summed E-state index contributed by atoms with van der Waals surface area (Å²) in [6.45, 7) is 11.1. The molecule has 3 rings (SSSR count). The van der Waals surface area contributed by atoms with Crippen LogP contribution in [0.4, 0.5) is 0 Å². The normalized spacial score (nSPS) is 12.5. The van der Waals surface area contributed by atoms with Crippen LogP contribution in [0.25, 0.3) is 10.2 Å². The first kappa shape index (κ1) is 30.0. The van der Waals surface area contributed by atoms with E-state index in [-0.39, 0.29) is 4.90 Å². The molecule has 3 aromatic rings. The van der Waals surface area contributed by atoms with Crippen molar-refractivity contribution in [1.82, 2.24) is 8.87 Å². The van der Waals surface area contributed by atoms with Crippen LogP contribution in [0.5, 0.6) is 5.75 Å². The fraction of sp³-hybridized carbons (Fsp3) is 0.500. The van der Waals surface area contributed by atoms with E-state index < -0.39 is 15.9 Å². The molecule has 0 unspecified atom stereocenters. The van der Waals surface area contributed by atoms with Crippen molar-refractivity contribution in [2.45, 2.75) is 64.8 Å². The zero-order valence-corrected chi connectivity index (χ0v) is 24.4. The van der Waals surface area contributed by atoms with Crippen LogP contribution in [-0.2, 0) is 21.3 Å². The molecule has 0 spiro atoms. The lowest BCUT2D eigenvalue weighted by Gasteiger charge is -2.22. The van der Waals surface area contributed by atoms with Gasteiger partial charge in [-0.15, -0.1) is 0 Å². The first-order valence-electron chi connectivity index (χ1n) is 13.4. The van der Waals surface area contributed by atoms with Crippen LogP contribution in [0.3, 0.4) is 0 Å². The molecular formula is C28H39N3O5S2. The third-order valence-corrected chi connectivity index (χ3v) is 9.04. The monoisotopic (exact) mass is 561 g/mol. The standard InChI is InChI=1S/C28H39N3O5S2/c1-5-9-18-30(19-10-6-2)38(33,34)23-16-14-22(15-17-23)27(32)29-28-31(20-21-35-7-3)26-24(36-8-4)12-11-13-25(26)37-28/h11-17H,5-10,18-21H2,1-4H3. The Morgan fingerprint density at radius 2 is 1.66 bits per heavy atom. The van der Waals surface area contributed by atoms with E-state index in [1.807, 2.05) is 50.5 Å². The van der Waals surface area contributed by atoms with Crippen molar-refractivity contribution >= 4 is 37.5 Å². The van der Waals surface area contributed by atoms with Gasteiger partial charge in [-0.2, -0.15) is 9.30 Å². The molecule has 0 bridgehead atoms. The highest BCUT2D eigenvalue weighted by molar-refractivity contribution is 7.89. The summed E-state index contributed by atoms with van der Waals surface area (Å²) in [4.78, 5) is 18.3. The molecule has 8 nitrogen and oxygen atoms in total. The van der Waals surface area contributed by atoms with Crippen LogP contribution >= 0.6 is 11.3 Å². The number of thiazole rings is 1. The molecule has 0 aliphatic rings. The second-order valence-electron chi connectivity index (χ2n) is 8.82. The number of ether oxygens (including phenoxy) is 2. The minimum Gasteiger partial charge on any atom is -0.492 e. The number of unbranched alkanes of at least 4 members (excludes halogenated alkanes) is 2. The van der Waals surface area contributed by atoms with E-state index >= 15 is 0 Å². The van der Waals surface area contributed by atoms with Crippen molar-refractivity contribution in [2.24, 2.45) is 4.99 Å². The fourth-order valence-electron chi connectivity index (χ4n) is 4.05. The summed E-state index contributed by atoms with van der Waals surface area (Å²) >= 11 is 1.41. The molecule has 0 fully saturated rings. The number of amides is 1. The molecule has 0 atom stereocenters. The molecule has 2 aromatic carbocycles. The van der Waals surface area contributed by atoms with Gasteiger partial charge in [0, 0.05) is 31.8 Å². The average molecular weight is 562 g/mol. The van der Waals surface area contributed by atoms with Gasteiger partial charge in [0.1, 0.15) is 11.3 Å². The minimum atomic E-state index is -3.63. The van der Waals surface area contributed by atoms with Crippen LogP contribution in [-0.4, -0.2) is 56.1 Å². The highest BCUT2D eigenvalue weighted by Crippen LogP contribution is 2.28. The number of hydrogen-bond acceptors (Lipinski definition) is 6. The van der Waals surface area contributed by atoms with Gasteiger partial charge < -0.3 is 14.0 Å². The van der Waals surface area contributed by atoms with Crippen LogP contribution < -0.4 is 9.54 Å². The summed E-state index contributed by atoms with van der Waals surface area (Å²) in [6, 6.07) is 11.9. The maximum Gasteiger partial charge on any atom is 0.279 e. The summed E-state index contributed by atoms with van der Waals surface area (Å²) in [7, 11) is -3.63. The molecule has 10 heteroatoms. The Kier molecular flexibility index (Phi) is 11.5. The van der Waals surface area contributed by atoms with Crippen LogP contribution in [0.2, 0.25) is 0 Å². The van der Waals surface area contributed by atoms with Gasteiger partial charge in [-0.05, 0) is 63.1 Å². The number of aromatic nitrogens is 1. The van der Waals surface area contributed by atoms with Crippen LogP contribution in [0, 0.1) is 0 Å². The number of carbonyl (C=O) groups excluding carboxylic acids is 1. The van der Waals surface area contributed by atoms with Crippen molar-refractivity contribution in [3.05, 3.63) is 52.8 Å². The smallest absolute Gasteiger partial charge is 0.279 e. The Labute approximate surface area is 230 Å². The van der Waals surface area contributed by atoms with E-state index in [2.05, 4.69) is 4.99 Å². The molecule has 1 aromatic heterocycles. The molecule has 208 valence electrons. The van der Waals surface area contributed by atoms with E-state index in [1.54, 1.807) is 16.4 Å². The molecule has 0 N–H and O–H groups in total. The zero-order chi connectivity index (χ0) is 27.5. The molecule has 38 heavy (non-hydrogen) atoms. The van der Waals surface area contributed by atoms with Gasteiger partial charge in [0.25, 0.3) is 5.91 Å². The minimum absolute atomic E-state index is 0.191. The Morgan fingerprint density at radius 3 is 2.26 bits per heavy atom. The Bertz CT molecular complexity index is 1350. The third-order valence-electron chi connectivity index (χ3n) is 6.09. The number of rotatable bonds is 15. The van der Waals surface area contributed by atoms with E-state index in [0.717, 1.165) is 41.6 Å². The van der Waals surface area contributed by atoms with Gasteiger partial charge in [0.15, 0.2) is 4.80 Å². The largest absolute Gasteiger partial charge is 0.492 e. The lowest BCUT2D eigenvalue weighted by molar-refractivity contribution is 0.0996. The highest BCUT2D eigenvalue weighted by Gasteiger charge is 2.24. The van der Waals surface area contributed by atoms with Gasteiger partial charge in [0.2, 0.25) is 10.0 Å². The van der Waals surface area contributed by atoms with E-state index in [9.17, 15) is 13.2 Å². The predicted octanol–water partition coefficient (Wildman–Crippen LogP) is 5.47. The summed E-state index contributed by atoms with van der Waals surface area (Å²) < 4.78 is 42.4. The Hall–Kier alpha value is -2.53. The van der Waals surface area contributed by atoms with Crippen molar-refractivity contribution in [3.8, 4) is 5.75 Å². The molecule has 1 heterocycles. The molecule has 0 radical (unpaired) electrons. The van der Waals surface area contributed by atoms with E-state index in [1.165, 1.54) is 23.5 Å². The maximum absolute atomic E-state index is 13.3. The summed E-state index contributed by atoms with van der Waals surface area (Å²) in [5, 5.41) is 0. The highest BCUT2D eigenvalue weighted by atomic mass is 32.2. The van der Waals surface area contributed by atoms with Crippen LogP contribution in [0.15, 0.2) is 52.4 Å². The van der Waals surface area contributed by atoms with Gasteiger partial charge >= 0.3 is 0 Å². The molecule has 0 saturated heterocycles. The number of sulfonamides is 1. The van der Waals surface area contributed by atoms with E-state index in [0.29, 0.717) is 49.8 Å². The molecule has 0 saturated carbocycles. The van der Waals surface area contributed by atoms with Gasteiger partial charge in [-0.1, -0.05) is 44.1 Å². The Morgan fingerprint density at radius 1 is 0.974 bits per heavy atom. The predicted molar refractivity (Wildman–Crippen MR) is 152 cm³/mol. The third kappa shape index (κ3) is 7.31. The topological polar surface area (TPSA) is 90.2 Å². The number of nitrogens with zero attached hydrogens (tertiary/aromatic N) is 3. The van der Waals surface area contributed by atoms with Crippen molar-refractivity contribution < 1.29 is 22.7 Å².